The summed E-state index contributed by atoms with van der Waals surface area (Å²) >= 11 is 0. The van der Waals surface area contributed by atoms with Crippen LogP contribution in [0.15, 0.2) is 35.5 Å². The predicted molar refractivity (Wildman–Crippen MR) is 70.6 cm³/mol. The molecule has 0 aliphatic heterocycles. The van der Waals surface area contributed by atoms with Gasteiger partial charge in [0.25, 0.3) is 0 Å². The lowest BCUT2D eigenvalue weighted by molar-refractivity contribution is 0.542. The van der Waals surface area contributed by atoms with Crippen molar-refractivity contribution in [3.63, 3.8) is 0 Å². The molecule has 0 spiro atoms. The molecule has 0 saturated heterocycles. The molecule has 0 bridgehead atoms. The number of nitrogens with zero attached hydrogens (tertiary/aromatic N) is 3. The van der Waals surface area contributed by atoms with Crippen LogP contribution in [0.4, 0.5) is 10.1 Å². The van der Waals surface area contributed by atoms with Gasteiger partial charge >= 0.3 is 0 Å². The third-order valence-corrected chi connectivity index (χ3v) is 4.06. The highest BCUT2D eigenvalue weighted by Crippen LogP contribution is 2.16. The van der Waals surface area contributed by atoms with E-state index in [1.165, 1.54) is 6.07 Å². The summed E-state index contributed by atoms with van der Waals surface area (Å²) in [7, 11) is -3.68. The van der Waals surface area contributed by atoms with Crippen molar-refractivity contribution in [1.82, 2.24) is 19.7 Å². The molecule has 2 aromatic rings. The fraction of sp³-hybridized carbons (Fsp3) is 0.273. The normalized spacial score (nSPS) is 11.7. The molecule has 0 saturated carbocycles. The average molecular weight is 299 g/mol. The number of aryl methyl sites for hydroxylation is 1. The fourth-order valence-electron chi connectivity index (χ4n) is 1.57. The smallest absolute Gasteiger partial charge is 0.240 e. The Balaban J connectivity index is 1.92. The second-order valence-electron chi connectivity index (χ2n) is 4.10. The van der Waals surface area contributed by atoms with Crippen LogP contribution in [-0.2, 0) is 16.6 Å². The van der Waals surface area contributed by atoms with E-state index in [0.29, 0.717) is 13.0 Å². The summed E-state index contributed by atoms with van der Waals surface area (Å²) in [6.07, 6.45) is 3.79. The zero-order chi connectivity index (χ0) is 14.6. The van der Waals surface area contributed by atoms with Crippen LogP contribution in [0.2, 0.25) is 0 Å². The molecular formula is C11H14FN5O2S. The third kappa shape index (κ3) is 3.52. The number of hydrogen-bond donors (Lipinski definition) is 2. The van der Waals surface area contributed by atoms with Gasteiger partial charge in [-0.1, -0.05) is 5.21 Å². The third-order valence-electron chi connectivity index (χ3n) is 2.61. The summed E-state index contributed by atoms with van der Waals surface area (Å²) in [5, 5.41) is 7.40. The number of sulfonamides is 1. The molecule has 1 aromatic carbocycles. The number of aromatic nitrogens is 3. The first-order valence-electron chi connectivity index (χ1n) is 5.88. The highest BCUT2D eigenvalue weighted by atomic mass is 32.2. The van der Waals surface area contributed by atoms with Crippen LogP contribution in [0, 0.1) is 5.82 Å². The maximum atomic E-state index is 13.0. The van der Waals surface area contributed by atoms with Gasteiger partial charge in [0.15, 0.2) is 0 Å². The van der Waals surface area contributed by atoms with Gasteiger partial charge in [-0.3, -0.25) is 4.68 Å². The Bertz CT molecular complexity index is 672. The van der Waals surface area contributed by atoms with E-state index < -0.39 is 15.8 Å². The number of nitrogen functional groups attached to an aromatic ring is 1. The number of nitrogens with two attached hydrogens (primary N) is 1. The molecule has 0 unspecified atom stereocenters. The number of halogens is 1. The van der Waals surface area contributed by atoms with E-state index in [-0.39, 0.29) is 17.1 Å². The van der Waals surface area contributed by atoms with Crippen molar-refractivity contribution in [2.75, 3.05) is 12.3 Å². The number of nitrogens with one attached hydrogen (secondary N) is 1. The van der Waals surface area contributed by atoms with Gasteiger partial charge in [0, 0.05) is 19.3 Å². The van der Waals surface area contributed by atoms with Crippen LogP contribution in [0.3, 0.4) is 0 Å². The molecule has 1 aromatic heterocycles. The SMILES string of the molecule is Nc1cc(S(=O)(=O)NCCCn2ccnn2)ccc1F. The van der Waals surface area contributed by atoms with E-state index in [1.807, 2.05) is 0 Å². The van der Waals surface area contributed by atoms with Gasteiger partial charge < -0.3 is 5.73 Å². The van der Waals surface area contributed by atoms with Crippen molar-refractivity contribution in [3.8, 4) is 0 Å². The van der Waals surface area contributed by atoms with Crippen molar-refractivity contribution in [2.45, 2.75) is 17.9 Å². The minimum Gasteiger partial charge on any atom is -0.396 e. The van der Waals surface area contributed by atoms with E-state index in [9.17, 15) is 12.8 Å². The first-order chi connectivity index (χ1) is 9.49. The second kappa shape index (κ2) is 5.97. The molecule has 9 heteroatoms. The van der Waals surface area contributed by atoms with Crippen molar-refractivity contribution in [1.29, 1.82) is 0 Å². The van der Waals surface area contributed by atoms with Gasteiger partial charge in [-0.2, -0.15) is 0 Å². The molecule has 2 rings (SSSR count). The van der Waals surface area contributed by atoms with Crippen LogP contribution in [0.5, 0.6) is 0 Å². The Kier molecular flexibility index (Phi) is 4.30. The number of anilines is 1. The van der Waals surface area contributed by atoms with Crippen LogP contribution < -0.4 is 10.5 Å². The van der Waals surface area contributed by atoms with Crippen molar-refractivity contribution in [3.05, 3.63) is 36.4 Å². The van der Waals surface area contributed by atoms with Crippen LogP contribution >= 0.6 is 0 Å². The minimum atomic E-state index is -3.68. The first-order valence-corrected chi connectivity index (χ1v) is 7.36. The molecule has 0 aliphatic carbocycles. The zero-order valence-electron chi connectivity index (χ0n) is 10.5. The molecule has 0 fully saturated rings. The number of hydrogen-bond acceptors (Lipinski definition) is 5. The molecule has 0 atom stereocenters. The summed E-state index contributed by atoms with van der Waals surface area (Å²) < 4.78 is 40.9. The maximum Gasteiger partial charge on any atom is 0.240 e. The Labute approximate surface area is 115 Å². The summed E-state index contributed by atoms with van der Waals surface area (Å²) in [5.41, 5.74) is 5.15. The van der Waals surface area contributed by atoms with Crippen molar-refractivity contribution in [2.24, 2.45) is 0 Å². The van der Waals surface area contributed by atoms with Gasteiger partial charge in [-0.15, -0.1) is 5.10 Å². The average Bonchev–Trinajstić information content (AvgIpc) is 2.91. The van der Waals surface area contributed by atoms with Gasteiger partial charge in [0.05, 0.1) is 16.8 Å². The molecule has 20 heavy (non-hydrogen) atoms. The van der Waals surface area contributed by atoms with Crippen LogP contribution in [0.25, 0.3) is 0 Å². The highest BCUT2D eigenvalue weighted by molar-refractivity contribution is 7.89. The maximum absolute atomic E-state index is 13.0. The van der Waals surface area contributed by atoms with E-state index in [1.54, 1.807) is 17.1 Å². The standard InChI is InChI=1S/C11H14FN5O2S/c12-10-3-2-9(8-11(10)13)20(18,19)15-4-1-6-17-7-5-14-16-17/h2-3,5,7-8,15H,1,4,6,13H2. The molecule has 108 valence electrons. The van der Waals surface area contributed by atoms with Crippen molar-refractivity contribution < 1.29 is 12.8 Å². The lowest BCUT2D eigenvalue weighted by Gasteiger charge is -2.07. The lowest BCUT2D eigenvalue weighted by Crippen LogP contribution is -2.25. The largest absolute Gasteiger partial charge is 0.396 e. The summed E-state index contributed by atoms with van der Waals surface area (Å²) in [5.74, 6) is -0.643. The Morgan fingerprint density at radius 1 is 1.40 bits per heavy atom. The van der Waals surface area contributed by atoms with E-state index in [4.69, 9.17) is 5.73 Å². The van der Waals surface area contributed by atoms with E-state index in [2.05, 4.69) is 15.0 Å². The van der Waals surface area contributed by atoms with Gasteiger partial charge in [-0.25, -0.2) is 17.5 Å². The van der Waals surface area contributed by atoms with Crippen LogP contribution in [-0.4, -0.2) is 30.0 Å². The Morgan fingerprint density at radius 2 is 2.20 bits per heavy atom. The monoisotopic (exact) mass is 299 g/mol. The molecule has 3 N–H and O–H groups in total. The molecule has 0 aliphatic rings. The predicted octanol–water partition coefficient (Wildman–Crippen LogP) is 0.368. The molecule has 7 nitrogen and oxygen atoms in total. The van der Waals surface area contributed by atoms with Crippen molar-refractivity contribution >= 4 is 15.7 Å². The Hall–Kier alpha value is -2.00. The highest BCUT2D eigenvalue weighted by Gasteiger charge is 2.14. The first kappa shape index (κ1) is 14.4. The quantitative estimate of drug-likeness (QED) is 0.592. The van der Waals surface area contributed by atoms with Crippen LogP contribution in [0.1, 0.15) is 6.42 Å². The lowest BCUT2D eigenvalue weighted by atomic mass is 10.3. The summed E-state index contributed by atoms with van der Waals surface area (Å²) in [4.78, 5) is -0.0582. The van der Waals surface area contributed by atoms with E-state index in [0.717, 1.165) is 12.1 Å². The summed E-state index contributed by atoms with van der Waals surface area (Å²) in [6.45, 7) is 0.785. The molecule has 1 heterocycles. The molecule has 0 radical (unpaired) electrons. The number of benzene rings is 1. The van der Waals surface area contributed by atoms with E-state index >= 15 is 0 Å². The van der Waals surface area contributed by atoms with Gasteiger partial charge in [-0.05, 0) is 24.6 Å². The topological polar surface area (TPSA) is 103 Å². The fourth-order valence-corrected chi connectivity index (χ4v) is 2.68. The van der Waals surface area contributed by atoms with Gasteiger partial charge in [0.2, 0.25) is 10.0 Å². The Morgan fingerprint density at radius 3 is 2.85 bits per heavy atom. The zero-order valence-corrected chi connectivity index (χ0v) is 11.3. The second-order valence-corrected chi connectivity index (χ2v) is 5.87. The summed E-state index contributed by atoms with van der Waals surface area (Å²) in [6, 6.07) is 3.29. The van der Waals surface area contributed by atoms with Gasteiger partial charge in [0.1, 0.15) is 5.82 Å². The molecular weight excluding hydrogens is 285 g/mol. The molecule has 0 amide bonds. The minimum absolute atomic E-state index is 0.0582. The number of rotatable bonds is 6.